The van der Waals surface area contributed by atoms with Crippen LogP contribution in [0.5, 0.6) is 0 Å². The smallest absolute Gasteiger partial charge is 0.0762 e. The van der Waals surface area contributed by atoms with Crippen LogP contribution in [0.2, 0.25) is 0 Å². The summed E-state index contributed by atoms with van der Waals surface area (Å²) in [6.07, 6.45) is 3.08. The van der Waals surface area contributed by atoms with Gasteiger partial charge in [0.1, 0.15) is 0 Å². The van der Waals surface area contributed by atoms with Crippen LogP contribution >= 0.6 is 0 Å². The van der Waals surface area contributed by atoms with Gasteiger partial charge in [-0.1, -0.05) is 43.8 Å². The van der Waals surface area contributed by atoms with Gasteiger partial charge in [-0.2, -0.15) is 0 Å². The zero-order valence-electron chi connectivity index (χ0n) is 8.66. The molecule has 1 rings (SSSR count). The van der Waals surface area contributed by atoms with E-state index in [0.29, 0.717) is 6.17 Å². The van der Waals surface area contributed by atoms with Gasteiger partial charge < -0.3 is 5.32 Å². The summed E-state index contributed by atoms with van der Waals surface area (Å²) < 4.78 is 0. The third-order valence-corrected chi connectivity index (χ3v) is 2.12. The average molecular weight is 190 g/mol. The Kier molecular flexibility index (Phi) is 4.79. The second-order valence-electron chi connectivity index (χ2n) is 3.20. The summed E-state index contributed by atoms with van der Waals surface area (Å²) in [6.45, 7) is 6.68. The third kappa shape index (κ3) is 3.62. The van der Waals surface area contributed by atoms with Crippen molar-refractivity contribution < 1.29 is 0 Å². The normalized spacial score (nSPS) is 12.1. The van der Waals surface area contributed by atoms with E-state index in [-0.39, 0.29) is 0 Å². The average Bonchev–Trinajstić information content (AvgIpc) is 2.25. The van der Waals surface area contributed by atoms with E-state index in [1.165, 1.54) is 5.56 Å². The van der Waals surface area contributed by atoms with Gasteiger partial charge in [-0.15, -0.1) is 0 Å². The van der Waals surface area contributed by atoms with Gasteiger partial charge in [0.15, 0.2) is 0 Å². The largest absolute Gasteiger partial charge is 0.376 e. The molecule has 0 saturated carbocycles. The molecule has 2 N–H and O–H groups in total. The van der Waals surface area contributed by atoms with Gasteiger partial charge in [0.2, 0.25) is 0 Å². The Morgan fingerprint density at radius 3 is 2.64 bits per heavy atom. The van der Waals surface area contributed by atoms with Gasteiger partial charge in [-0.05, 0) is 18.2 Å². The molecule has 0 aliphatic carbocycles. The van der Waals surface area contributed by atoms with Crippen molar-refractivity contribution >= 4 is 0 Å². The van der Waals surface area contributed by atoms with E-state index >= 15 is 0 Å². The minimum atomic E-state index is 0.313. The molecule has 0 heterocycles. The molecule has 2 heteroatoms. The molecule has 1 aromatic rings. The lowest BCUT2D eigenvalue weighted by Crippen LogP contribution is -2.38. The van der Waals surface area contributed by atoms with Crippen LogP contribution in [0.3, 0.4) is 0 Å². The van der Waals surface area contributed by atoms with Crippen molar-refractivity contribution in [2.75, 3.05) is 0 Å². The zero-order valence-corrected chi connectivity index (χ0v) is 8.66. The van der Waals surface area contributed by atoms with Gasteiger partial charge in [-0.3, -0.25) is 5.32 Å². The molecule has 14 heavy (non-hydrogen) atoms. The van der Waals surface area contributed by atoms with Crippen molar-refractivity contribution in [3.05, 3.63) is 48.7 Å². The molecule has 1 aromatic carbocycles. The fraction of sp³-hybridized carbons (Fsp3) is 0.333. The summed E-state index contributed by atoms with van der Waals surface area (Å²) in [7, 11) is 0. The summed E-state index contributed by atoms with van der Waals surface area (Å²) in [6, 6.07) is 10.4. The fourth-order valence-electron chi connectivity index (χ4n) is 1.30. The van der Waals surface area contributed by atoms with Crippen molar-refractivity contribution in [2.45, 2.75) is 26.1 Å². The lowest BCUT2D eigenvalue weighted by atomic mass is 10.2. The van der Waals surface area contributed by atoms with Crippen molar-refractivity contribution in [2.24, 2.45) is 0 Å². The Morgan fingerprint density at radius 2 is 2.07 bits per heavy atom. The second-order valence-corrected chi connectivity index (χ2v) is 3.20. The Balaban J connectivity index is 2.35. The highest BCUT2D eigenvalue weighted by molar-refractivity contribution is 5.14. The van der Waals surface area contributed by atoms with Crippen molar-refractivity contribution in [1.82, 2.24) is 10.6 Å². The summed E-state index contributed by atoms with van der Waals surface area (Å²) in [5.74, 6) is 0. The summed E-state index contributed by atoms with van der Waals surface area (Å²) >= 11 is 0. The van der Waals surface area contributed by atoms with E-state index in [1.807, 2.05) is 6.07 Å². The molecule has 0 radical (unpaired) electrons. The van der Waals surface area contributed by atoms with Gasteiger partial charge in [0.25, 0.3) is 0 Å². The van der Waals surface area contributed by atoms with Gasteiger partial charge >= 0.3 is 0 Å². The number of nitrogens with one attached hydrogen (secondary N) is 2. The zero-order chi connectivity index (χ0) is 10.2. The van der Waals surface area contributed by atoms with Crippen molar-refractivity contribution in [3.8, 4) is 0 Å². The first-order valence-electron chi connectivity index (χ1n) is 5.01. The third-order valence-electron chi connectivity index (χ3n) is 2.12. The summed E-state index contributed by atoms with van der Waals surface area (Å²) in [4.78, 5) is 0. The van der Waals surface area contributed by atoms with Crippen molar-refractivity contribution in [3.63, 3.8) is 0 Å². The molecular weight excluding hydrogens is 172 g/mol. The van der Waals surface area contributed by atoms with E-state index < -0.39 is 0 Å². The first-order valence-corrected chi connectivity index (χ1v) is 5.01. The lowest BCUT2D eigenvalue weighted by Gasteiger charge is -2.16. The second kappa shape index (κ2) is 6.22. The van der Waals surface area contributed by atoms with Gasteiger partial charge in [0, 0.05) is 6.54 Å². The molecule has 1 atom stereocenters. The molecule has 0 aliphatic rings. The number of hydrogen-bond acceptors (Lipinski definition) is 2. The predicted octanol–water partition coefficient (Wildman–Crippen LogP) is 2.25. The van der Waals surface area contributed by atoms with Gasteiger partial charge in [-0.25, -0.2) is 0 Å². The molecule has 0 saturated heterocycles. The first-order chi connectivity index (χ1) is 6.86. The molecule has 0 amide bonds. The minimum absolute atomic E-state index is 0.313. The van der Waals surface area contributed by atoms with Crippen molar-refractivity contribution in [1.29, 1.82) is 0 Å². The topological polar surface area (TPSA) is 24.1 Å². The SMILES string of the molecule is C=CNC(CC)NCc1ccccc1. The molecule has 76 valence electrons. The van der Waals surface area contributed by atoms with Crippen LogP contribution in [-0.2, 0) is 6.54 Å². The maximum absolute atomic E-state index is 3.65. The van der Waals surface area contributed by atoms with Crippen LogP contribution in [0.4, 0.5) is 0 Å². The maximum Gasteiger partial charge on any atom is 0.0762 e. The lowest BCUT2D eigenvalue weighted by molar-refractivity contribution is 0.457. The number of hydrogen-bond donors (Lipinski definition) is 2. The number of rotatable bonds is 6. The molecular formula is C12H18N2. The fourth-order valence-corrected chi connectivity index (χ4v) is 1.30. The van der Waals surface area contributed by atoms with E-state index in [2.05, 4.69) is 48.4 Å². The van der Waals surface area contributed by atoms with E-state index in [9.17, 15) is 0 Å². The molecule has 0 spiro atoms. The van der Waals surface area contributed by atoms with Crippen LogP contribution < -0.4 is 10.6 Å². The van der Waals surface area contributed by atoms with E-state index in [0.717, 1.165) is 13.0 Å². The standard InChI is InChI=1S/C12H18N2/c1-3-12(13-4-2)14-10-11-8-6-5-7-9-11/h4-9,12-14H,2-3,10H2,1H3. The highest BCUT2D eigenvalue weighted by atomic mass is 15.1. The van der Waals surface area contributed by atoms with Crippen LogP contribution in [-0.4, -0.2) is 6.17 Å². The quantitative estimate of drug-likeness (QED) is 0.672. The summed E-state index contributed by atoms with van der Waals surface area (Å²) in [5.41, 5.74) is 1.30. The van der Waals surface area contributed by atoms with E-state index in [1.54, 1.807) is 6.20 Å². The highest BCUT2D eigenvalue weighted by Gasteiger charge is 2.00. The molecule has 0 aromatic heterocycles. The summed E-state index contributed by atoms with van der Waals surface area (Å²) in [5, 5.41) is 6.56. The Hall–Kier alpha value is -1.28. The Labute approximate surface area is 86.0 Å². The Bertz CT molecular complexity index is 256. The van der Waals surface area contributed by atoms with Crippen LogP contribution in [0.25, 0.3) is 0 Å². The van der Waals surface area contributed by atoms with E-state index in [4.69, 9.17) is 0 Å². The highest BCUT2D eigenvalue weighted by Crippen LogP contribution is 1.98. The minimum Gasteiger partial charge on any atom is -0.376 e. The predicted molar refractivity (Wildman–Crippen MR) is 60.7 cm³/mol. The molecule has 0 bridgehead atoms. The first kappa shape index (κ1) is 10.8. The maximum atomic E-state index is 3.65. The molecule has 0 fully saturated rings. The van der Waals surface area contributed by atoms with Crippen LogP contribution in [0, 0.1) is 0 Å². The molecule has 0 aliphatic heterocycles. The monoisotopic (exact) mass is 190 g/mol. The number of benzene rings is 1. The molecule has 2 nitrogen and oxygen atoms in total. The Morgan fingerprint density at radius 1 is 1.36 bits per heavy atom. The van der Waals surface area contributed by atoms with Crippen LogP contribution in [0.15, 0.2) is 43.1 Å². The molecule has 1 unspecified atom stereocenters. The van der Waals surface area contributed by atoms with Gasteiger partial charge in [0.05, 0.1) is 6.17 Å². The van der Waals surface area contributed by atoms with Crippen LogP contribution in [0.1, 0.15) is 18.9 Å².